The van der Waals surface area contributed by atoms with Gasteiger partial charge < -0.3 is 10.1 Å². The van der Waals surface area contributed by atoms with Gasteiger partial charge in [-0.15, -0.1) is 10.2 Å². The van der Waals surface area contributed by atoms with E-state index in [1.54, 1.807) is 45.9 Å². The number of aryl methyl sites for hydroxylation is 2. The molecule has 1 unspecified atom stereocenters. The van der Waals surface area contributed by atoms with E-state index in [0.717, 1.165) is 0 Å². The van der Waals surface area contributed by atoms with Gasteiger partial charge in [0, 0.05) is 19.3 Å². The second-order valence-electron chi connectivity index (χ2n) is 10.0. The Morgan fingerprint density at radius 3 is 2.67 bits per heavy atom. The Morgan fingerprint density at radius 2 is 1.95 bits per heavy atom. The van der Waals surface area contributed by atoms with E-state index in [-0.39, 0.29) is 36.5 Å². The minimum atomic E-state index is -0.828. The topological polar surface area (TPSA) is 174 Å². The molecule has 1 saturated heterocycles. The number of rotatable bonds is 7. The van der Waals surface area contributed by atoms with Gasteiger partial charge in [-0.3, -0.25) is 34.4 Å². The first kappa shape index (κ1) is 27.8. The van der Waals surface area contributed by atoms with Crippen LogP contribution in [-0.4, -0.2) is 49.2 Å². The zero-order valence-electron chi connectivity index (χ0n) is 22.0. The summed E-state index contributed by atoms with van der Waals surface area (Å²) >= 11 is 1.20. The summed E-state index contributed by atoms with van der Waals surface area (Å²) in [5, 5.41) is 16.8. The second-order valence-corrected chi connectivity index (χ2v) is 11.1. The molecule has 206 valence electrons. The number of fused-ring (bicyclic) bond motifs is 1. The molecule has 39 heavy (non-hydrogen) atoms. The maximum atomic E-state index is 13.3. The van der Waals surface area contributed by atoms with E-state index in [9.17, 15) is 24.0 Å². The van der Waals surface area contributed by atoms with Gasteiger partial charge in [0.2, 0.25) is 22.9 Å². The zero-order chi connectivity index (χ0) is 28.3. The molecule has 0 radical (unpaired) electrons. The highest BCUT2D eigenvalue weighted by Crippen LogP contribution is 2.24. The predicted octanol–water partition coefficient (Wildman–Crippen LogP) is 2.84. The molecule has 14 heteroatoms. The average molecular weight is 556 g/mol. The number of para-hydroxylation sites is 1. The fourth-order valence-electron chi connectivity index (χ4n) is 4.13. The number of aromatic nitrogens is 4. The van der Waals surface area contributed by atoms with Crippen LogP contribution < -0.4 is 21.5 Å². The van der Waals surface area contributed by atoms with Gasteiger partial charge in [0.05, 0.1) is 11.1 Å². The van der Waals surface area contributed by atoms with Crippen molar-refractivity contribution in [3.63, 3.8) is 0 Å². The minimum Gasteiger partial charge on any atom is -0.444 e. The lowest BCUT2D eigenvalue weighted by Gasteiger charge is -2.24. The Balaban J connectivity index is 1.39. The van der Waals surface area contributed by atoms with E-state index >= 15 is 0 Å². The Labute approximate surface area is 227 Å². The first-order chi connectivity index (χ1) is 18.4. The number of imide groups is 1. The number of benzene rings is 1. The van der Waals surface area contributed by atoms with Gasteiger partial charge in [-0.05, 0) is 52.7 Å². The molecule has 13 nitrogen and oxygen atoms in total. The molecule has 3 aromatic rings. The van der Waals surface area contributed by atoms with Crippen LogP contribution in [0.5, 0.6) is 0 Å². The summed E-state index contributed by atoms with van der Waals surface area (Å²) in [4.78, 5) is 66.2. The van der Waals surface area contributed by atoms with Crippen molar-refractivity contribution in [3.05, 3.63) is 39.4 Å². The monoisotopic (exact) mass is 555 g/mol. The Hall–Kier alpha value is -4.20. The molecule has 1 aromatic carbocycles. The number of ether oxygens (including phenoxy) is 1. The summed E-state index contributed by atoms with van der Waals surface area (Å²) in [7, 11) is 0. The first-order valence-electron chi connectivity index (χ1n) is 12.4. The van der Waals surface area contributed by atoms with Crippen LogP contribution in [0, 0.1) is 6.92 Å². The normalized spacial score (nSPS) is 15.6. The molecular weight excluding hydrogens is 526 g/mol. The molecule has 0 bridgehead atoms. The van der Waals surface area contributed by atoms with E-state index in [2.05, 4.69) is 31.1 Å². The summed E-state index contributed by atoms with van der Waals surface area (Å²) < 4.78 is 6.49. The highest BCUT2D eigenvalue weighted by atomic mass is 32.1. The van der Waals surface area contributed by atoms with Gasteiger partial charge in [0.25, 0.3) is 5.56 Å². The van der Waals surface area contributed by atoms with Gasteiger partial charge in [-0.25, -0.2) is 9.78 Å². The fourth-order valence-corrected chi connectivity index (χ4v) is 4.90. The summed E-state index contributed by atoms with van der Waals surface area (Å²) in [6.45, 7) is 6.89. The number of hydrogen-bond acceptors (Lipinski definition) is 10. The van der Waals surface area contributed by atoms with Crippen molar-refractivity contribution in [3.8, 4) is 0 Å². The van der Waals surface area contributed by atoms with Gasteiger partial charge in [0.15, 0.2) is 0 Å². The van der Waals surface area contributed by atoms with Gasteiger partial charge in [-0.1, -0.05) is 17.4 Å². The van der Waals surface area contributed by atoms with E-state index in [1.807, 2.05) is 0 Å². The van der Waals surface area contributed by atoms with E-state index in [1.165, 1.54) is 15.9 Å². The highest BCUT2D eigenvalue weighted by Gasteiger charge is 2.30. The molecule has 1 aliphatic rings. The smallest absolute Gasteiger partial charge is 0.414 e. The number of nitrogens with one attached hydrogen (secondary N) is 3. The van der Waals surface area contributed by atoms with Crippen LogP contribution in [0.3, 0.4) is 0 Å². The number of amides is 4. The molecule has 2 aromatic heterocycles. The second kappa shape index (κ2) is 11.3. The number of nitrogens with zero attached hydrogens (tertiary/aromatic N) is 4. The summed E-state index contributed by atoms with van der Waals surface area (Å²) in [6, 6.07) is 4.04. The molecule has 0 spiro atoms. The molecule has 4 amide bonds. The molecule has 1 fully saturated rings. The van der Waals surface area contributed by atoms with Crippen molar-refractivity contribution in [2.75, 3.05) is 10.6 Å². The van der Waals surface area contributed by atoms with E-state index in [4.69, 9.17) is 4.74 Å². The third-order valence-electron chi connectivity index (χ3n) is 5.77. The van der Waals surface area contributed by atoms with Crippen molar-refractivity contribution < 1.29 is 23.9 Å². The predicted molar refractivity (Wildman–Crippen MR) is 143 cm³/mol. The zero-order valence-corrected chi connectivity index (χ0v) is 22.8. The summed E-state index contributed by atoms with van der Waals surface area (Å²) in [5.41, 5.74) is -0.352. The van der Waals surface area contributed by atoms with Crippen LogP contribution >= 0.6 is 11.3 Å². The van der Waals surface area contributed by atoms with Gasteiger partial charge >= 0.3 is 6.09 Å². The Morgan fingerprint density at radius 1 is 1.18 bits per heavy atom. The number of carbonyl (C=O) groups is 4. The number of piperidine rings is 1. The van der Waals surface area contributed by atoms with Crippen molar-refractivity contribution in [2.24, 2.45) is 0 Å². The molecule has 3 heterocycles. The summed E-state index contributed by atoms with van der Waals surface area (Å²) in [5.74, 6) is -0.876. The lowest BCUT2D eigenvalue weighted by atomic mass is 10.1. The highest BCUT2D eigenvalue weighted by molar-refractivity contribution is 7.15. The van der Waals surface area contributed by atoms with E-state index < -0.39 is 29.2 Å². The van der Waals surface area contributed by atoms with Gasteiger partial charge in [0.1, 0.15) is 28.0 Å². The summed E-state index contributed by atoms with van der Waals surface area (Å²) in [6.07, 6.45) is 0.859. The maximum Gasteiger partial charge on any atom is 0.414 e. The molecule has 0 saturated carbocycles. The maximum absolute atomic E-state index is 13.3. The third kappa shape index (κ3) is 6.82. The molecule has 1 aliphatic heterocycles. The quantitative estimate of drug-likeness (QED) is 0.370. The van der Waals surface area contributed by atoms with Crippen LogP contribution in [0.2, 0.25) is 0 Å². The Bertz CT molecular complexity index is 1510. The SMILES string of the molecule is Cc1nc2c(NC(=O)CCCc3nnc(NC(=O)OC(C)(C)C)s3)cccc2c(=O)n1C1CCC(=O)NC1=O. The Kier molecular flexibility index (Phi) is 8.04. The lowest BCUT2D eigenvalue weighted by molar-refractivity contribution is -0.135. The van der Waals surface area contributed by atoms with Crippen molar-refractivity contribution in [1.82, 2.24) is 25.1 Å². The molecular formula is C25H29N7O6S. The molecule has 3 N–H and O–H groups in total. The van der Waals surface area contributed by atoms with Crippen LogP contribution in [0.1, 0.15) is 63.3 Å². The van der Waals surface area contributed by atoms with Crippen LogP contribution in [0.15, 0.2) is 23.0 Å². The number of hydrogen-bond donors (Lipinski definition) is 3. The lowest BCUT2D eigenvalue weighted by Crippen LogP contribution is -2.45. The largest absolute Gasteiger partial charge is 0.444 e. The molecule has 0 aliphatic carbocycles. The van der Waals surface area contributed by atoms with Gasteiger partial charge in [-0.2, -0.15) is 0 Å². The van der Waals surface area contributed by atoms with Crippen molar-refractivity contribution >= 4 is 56.9 Å². The standard InChI is InChI=1S/C25H29N7O6S/c1-13-26-20-14(22(36)32(13)16-11-12-18(34)28-21(16)35)7-5-8-15(20)27-17(33)9-6-10-19-30-31-23(39-19)29-24(37)38-25(2,3)4/h5,7-8,16H,6,9-12H2,1-4H3,(H,27,33)(H,28,34,35)(H,29,31,37). The molecule has 4 rings (SSSR count). The van der Waals surface area contributed by atoms with Crippen molar-refractivity contribution in [2.45, 2.75) is 71.4 Å². The van der Waals surface area contributed by atoms with E-state index in [0.29, 0.717) is 40.0 Å². The van der Waals surface area contributed by atoms with Crippen LogP contribution in [-0.2, 0) is 25.5 Å². The number of anilines is 2. The first-order valence-corrected chi connectivity index (χ1v) is 13.2. The number of carbonyl (C=O) groups excluding carboxylic acids is 4. The average Bonchev–Trinajstić information content (AvgIpc) is 3.26. The fraction of sp³-hybridized carbons (Fsp3) is 0.440. The van der Waals surface area contributed by atoms with Crippen molar-refractivity contribution in [1.29, 1.82) is 0 Å². The molecule has 1 atom stereocenters. The minimum absolute atomic E-state index is 0.134. The third-order valence-corrected chi connectivity index (χ3v) is 6.67. The van der Waals surface area contributed by atoms with Crippen LogP contribution in [0.4, 0.5) is 15.6 Å². The van der Waals surface area contributed by atoms with Crippen LogP contribution in [0.25, 0.3) is 10.9 Å².